The summed E-state index contributed by atoms with van der Waals surface area (Å²) >= 11 is 0. The number of hydrogen-bond acceptors (Lipinski definition) is 14. The van der Waals surface area contributed by atoms with Gasteiger partial charge in [-0.05, 0) is 142 Å². The number of alkyl halides is 2. The van der Waals surface area contributed by atoms with Crippen molar-refractivity contribution in [1.82, 2.24) is 45.9 Å². The number of aromatic nitrogens is 4. The van der Waals surface area contributed by atoms with Gasteiger partial charge in [0.05, 0.1) is 50.2 Å². The predicted octanol–water partition coefficient (Wildman–Crippen LogP) is 7.96. The molecule has 4 amide bonds. The number of nitrogens with one attached hydrogen (secondary N) is 6. The van der Waals surface area contributed by atoms with Crippen LogP contribution < -0.4 is 36.6 Å². The summed E-state index contributed by atoms with van der Waals surface area (Å²) in [6, 6.07) is 15.1. The van der Waals surface area contributed by atoms with Gasteiger partial charge < -0.3 is 55.4 Å². The highest BCUT2D eigenvalue weighted by Gasteiger charge is 2.43. The molecule has 0 saturated heterocycles. The molecule has 81 heavy (non-hydrogen) atoms. The normalized spacial score (nSPS) is 19.7. The van der Waals surface area contributed by atoms with Crippen molar-refractivity contribution in [2.75, 3.05) is 70.3 Å². The number of rotatable bonds is 26. The summed E-state index contributed by atoms with van der Waals surface area (Å²) in [5.74, 6) is 1.09. The van der Waals surface area contributed by atoms with Gasteiger partial charge in [-0.15, -0.1) is 0 Å². The van der Waals surface area contributed by atoms with Crippen LogP contribution in [0, 0.1) is 17.3 Å². The molecule has 4 aliphatic rings. The van der Waals surface area contributed by atoms with Crippen molar-refractivity contribution in [3.8, 4) is 17.2 Å². The van der Waals surface area contributed by atoms with E-state index in [0.29, 0.717) is 75.0 Å². The monoisotopic (exact) mass is 1120 g/mol. The number of aryl methyl sites for hydroxylation is 1. The lowest BCUT2D eigenvalue weighted by Gasteiger charge is -2.41. The summed E-state index contributed by atoms with van der Waals surface area (Å²) in [6.45, 7) is 11.9. The van der Waals surface area contributed by atoms with E-state index in [1.165, 1.54) is 30.9 Å². The van der Waals surface area contributed by atoms with Gasteiger partial charge in [0.15, 0.2) is 11.4 Å². The minimum absolute atomic E-state index is 0.0405. The Bertz CT molecular complexity index is 2930. The van der Waals surface area contributed by atoms with Crippen molar-refractivity contribution in [3.63, 3.8) is 0 Å². The molecule has 3 aromatic heterocycles. The van der Waals surface area contributed by atoms with E-state index in [2.05, 4.69) is 59.1 Å². The minimum atomic E-state index is -2.88. The molecule has 0 bridgehead atoms. The van der Waals surface area contributed by atoms with Gasteiger partial charge in [0.2, 0.25) is 23.6 Å². The van der Waals surface area contributed by atoms with Crippen LogP contribution in [0.15, 0.2) is 77.7 Å². The Morgan fingerprint density at radius 1 is 0.864 bits per heavy atom. The molecule has 21 heteroatoms. The van der Waals surface area contributed by atoms with Crippen LogP contribution in [0.5, 0.6) is 5.75 Å². The summed E-state index contributed by atoms with van der Waals surface area (Å²) in [5.41, 5.74) is 3.57. The van der Waals surface area contributed by atoms with Crippen LogP contribution in [-0.4, -0.2) is 126 Å². The van der Waals surface area contributed by atoms with E-state index in [-0.39, 0.29) is 53.6 Å². The molecule has 436 valence electrons. The Morgan fingerprint density at radius 2 is 1.62 bits per heavy atom. The topological polar surface area (TPSA) is 228 Å². The van der Waals surface area contributed by atoms with Crippen LogP contribution in [0.3, 0.4) is 0 Å². The predicted molar refractivity (Wildman–Crippen MR) is 302 cm³/mol. The van der Waals surface area contributed by atoms with Crippen LogP contribution in [0.25, 0.3) is 11.5 Å². The second kappa shape index (κ2) is 27.3. The maximum Gasteiger partial charge on any atom is 0.284 e. The fourth-order valence-corrected chi connectivity index (χ4v) is 10.9. The van der Waals surface area contributed by atoms with E-state index in [1.54, 1.807) is 41.9 Å². The van der Waals surface area contributed by atoms with E-state index in [4.69, 9.17) is 18.6 Å². The minimum Gasteiger partial charge on any atom is -0.491 e. The van der Waals surface area contributed by atoms with Crippen molar-refractivity contribution in [3.05, 3.63) is 107 Å². The van der Waals surface area contributed by atoms with Crippen molar-refractivity contribution in [2.45, 2.75) is 135 Å². The molecule has 0 unspecified atom stereocenters. The lowest BCUT2D eigenvalue weighted by Crippen LogP contribution is -2.62. The lowest BCUT2D eigenvalue weighted by molar-refractivity contribution is -0.147. The van der Waals surface area contributed by atoms with Crippen LogP contribution in [-0.2, 0) is 43.2 Å². The fraction of sp³-hybridized carbons (Fsp3) is 0.550. The first-order valence-corrected chi connectivity index (χ1v) is 28.7. The number of fused-ring (bicyclic) bond motifs is 2. The summed E-state index contributed by atoms with van der Waals surface area (Å²) in [6.07, 6.45) is 10.2. The molecule has 2 fully saturated rings. The highest BCUT2D eigenvalue weighted by Crippen LogP contribution is 2.37. The van der Waals surface area contributed by atoms with Crippen molar-refractivity contribution in [1.29, 1.82) is 0 Å². The van der Waals surface area contributed by atoms with Gasteiger partial charge in [0.1, 0.15) is 36.5 Å². The Morgan fingerprint density at radius 3 is 2.38 bits per heavy atom. The zero-order valence-corrected chi connectivity index (χ0v) is 47.2. The number of hydrogen-bond donors (Lipinski definition) is 6. The average Bonchev–Trinajstić information content (AvgIpc) is 4.08. The standard InChI is InChI=1S/C60H79F2N11O8/c1-37(63-5)55(74)70-53(60(2,3)4)59(77)72-34-43-29-45(20-17-41(43)30-50(72)57(76)67-47-12-8-10-40-9-6-7-11-46(40)47)80-28-27-79-26-25-78-24-23-64-32-38-15-18-44(19-16-38)73-35-48(52(71-73)54(61)62)68-56(75)49-36-81-58(69-49)42-21-22-65-51(31-42)66-33-39-13-14-39/h6-7,9,11,17,20-22,29,31,35-39,44,47,50,53-54,63-64H,8,10,12-16,18-19,23-28,30,32-34H2,1-5H3,(H,65,66)(H,67,76)(H,68,75)(H,70,74)/t37-,38?,44?,47+,50-,53+/m0/s1. The first kappa shape index (κ1) is 58.8. The maximum atomic E-state index is 14.7. The first-order valence-electron chi connectivity index (χ1n) is 28.7. The maximum absolute atomic E-state index is 14.7. The number of carbonyl (C=O) groups excluding carboxylic acids is 4. The third-order valence-electron chi connectivity index (χ3n) is 15.9. The van der Waals surface area contributed by atoms with Crippen molar-refractivity contribution in [2.24, 2.45) is 17.3 Å². The number of oxazole rings is 1. The number of ether oxygens (including phenoxy) is 3. The second-order valence-electron chi connectivity index (χ2n) is 23.0. The van der Waals surface area contributed by atoms with Crippen molar-refractivity contribution >= 4 is 35.1 Å². The van der Waals surface area contributed by atoms with Crippen molar-refractivity contribution < 1.29 is 46.6 Å². The van der Waals surface area contributed by atoms with E-state index in [9.17, 15) is 28.0 Å². The largest absolute Gasteiger partial charge is 0.491 e. The van der Waals surface area contributed by atoms with Crippen LogP contribution in [0.2, 0.25) is 0 Å². The number of anilines is 2. The van der Waals surface area contributed by atoms with E-state index in [0.717, 1.165) is 74.7 Å². The summed E-state index contributed by atoms with van der Waals surface area (Å²) in [4.78, 5) is 65.8. The summed E-state index contributed by atoms with van der Waals surface area (Å²) in [5, 5.41) is 22.8. The molecule has 5 aromatic rings. The second-order valence-corrected chi connectivity index (χ2v) is 23.0. The summed E-state index contributed by atoms with van der Waals surface area (Å²) < 4.78 is 53.3. The molecule has 3 aliphatic carbocycles. The zero-order valence-electron chi connectivity index (χ0n) is 47.2. The number of amides is 4. The molecule has 4 atom stereocenters. The van der Waals surface area contributed by atoms with Gasteiger partial charge in [-0.1, -0.05) is 51.1 Å². The Balaban J connectivity index is 0.677. The molecule has 6 N–H and O–H groups in total. The van der Waals surface area contributed by atoms with E-state index < -0.39 is 41.6 Å². The molecular formula is C60H79F2N11O8. The number of benzene rings is 2. The third-order valence-corrected chi connectivity index (χ3v) is 15.9. The number of nitrogens with zero attached hydrogens (tertiary/aromatic N) is 5. The van der Waals surface area contributed by atoms with Gasteiger partial charge in [-0.3, -0.25) is 23.9 Å². The first-order chi connectivity index (χ1) is 39.1. The molecule has 2 aromatic carbocycles. The molecule has 0 spiro atoms. The van der Waals surface area contributed by atoms with E-state index >= 15 is 0 Å². The molecule has 0 radical (unpaired) electrons. The zero-order chi connectivity index (χ0) is 57.0. The molecule has 2 saturated carbocycles. The summed E-state index contributed by atoms with van der Waals surface area (Å²) in [7, 11) is 1.69. The van der Waals surface area contributed by atoms with Crippen LogP contribution in [0.4, 0.5) is 20.3 Å². The van der Waals surface area contributed by atoms with Gasteiger partial charge in [0.25, 0.3) is 12.3 Å². The highest BCUT2D eigenvalue weighted by molar-refractivity contribution is 6.03. The molecule has 9 rings (SSSR count). The van der Waals surface area contributed by atoms with Gasteiger partial charge in [-0.2, -0.15) is 5.10 Å². The third kappa shape index (κ3) is 15.6. The SMILES string of the molecule is CN[C@@H](C)C(=O)N[C@H](C(=O)N1Cc2cc(OCCOCCOCCNCC3CCC(n4cc(NC(=O)c5coc(-c6ccnc(NCC7CC7)c6)n5)c(C(F)F)n4)CC3)ccc2C[C@H]1C(=O)N[C@@H]1CCCc2ccccc21)C(C)(C)C. The average molecular weight is 1120 g/mol. The Labute approximate surface area is 472 Å². The van der Waals surface area contributed by atoms with Gasteiger partial charge >= 0.3 is 0 Å². The quantitative estimate of drug-likeness (QED) is 0.0289. The molecule has 19 nitrogen and oxygen atoms in total. The lowest BCUT2D eigenvalue weighted by atomic mass is 9.83. The molecule has 4 heterocycles. The Kier molecular flexibility index (Phi) is 19.8. The van der Waals surface area contributed by atoms with Gasteiger partial charge in [0, 0.05) is 44.0 Å². The van der Waals surface area contributed by atoms with Crippen LogP contribution >= 0.6 is 0 Å². The number of likely N-dealkylation sites (N-methyl/N-ethyl adjacent to an activating group) is 1. The fourth-order valence-electron chi connectivity index (χ4n) is 10.9. The highest BCUT2D eigenvalue weighted by atomic mass is 19.3. The molecule has 1 aliphatic heterocycles. The van der Waals surface area contributed by atoms with Crippen LogP contribution in [0.1, 0.15) is 136 Å². The number of pyridine rings is 1. The molecular weight excluding hydrogens is 1040 g/mol. The smallest absolute Gasteiger partial charge is 0.284 e. The number of halogens is 2. The number of carbonyl (C=O) groups is 4. The van der Waals surface area contributed by atoms with Gasteiger partial charge in [-0.25, -0.2) is 18.7 Å². The Hall–Kier alpha value is -6.81. The van der Waals surface area contributed by atoms with E-state index in [1.807, 2.05) is 51.1 Å².